The molecule has 1 aliphatic rings. The molecule has 0 saturated heterocycles. The van der Waals surface area contributed by atoms with E-state index < -0.39 is 34.0 Å². The van der Waals surface area contributed by atoms with Gasteiger partial charge >= 0.3 is 6.03 Å². The summed E-state index contributed by atoms with van der Waals surface area (Å²) in [6.07, 6.45) is -0.683. The molecule has 11 nitrogen and oxygen atoms in total. The number of sulfonamides is 1. The number of halogens is 1. The van der Waals surface area contributed by atoms with E-state index in [4.69, 9.17) is 9.47 Å². The van der Waals surface area contributed by atoms with Crippen molar-refractivity contribution in [1.29, 1.82) is 0 Å². The predicted octanol–water partition coefficient (Wildman–Crippen LogP) is 3.95. The van der Waals surface area contributed by atoms with E-state index in [1.54, 1.807) is 49.2 Å². The maximum atomic E-state index is 13.5. The van der Waals surface area contributed by atoms with Gasteiger partial charge in [-0.15, -0.1) is 0 Å². The van der Waals surface area contributed by atoms with E-state index >= 15 is 0 Å². The van der Waals surface area contributed by atoms with Crippen LogP contribution in [-0.2, 0) is 21.2 Å². The number of aliphatic hydroxyl groups is 1. The van der Waals surface area contributed by atoms with Crippen molar-refractivity contribution >= 4 is 33.3 Å². The summed E-state index contributed by atoms with van der Waals surface area (Å²) in [5.41, 5.74) is 1.10. The van der Waals surface area contributed by atoms with Crippen LogP contribution in [0.3, 0.4) is 0 Å². The number of rotatable bonds is 9. The van der Waals surface area contributed by atoms with Gasteiger partial charge in [0, 0.05) is 36.4 Å². The Balaban J connectivity index is 1.60. The second kappa shape index (κ2) is 14.0. The first-order valence-electron chi connectivity index (χ1n) is 14.0. The summed E-state index contributed by atoms with van der Waals surface area (Å²) in [5, 5.41) is 12.6. The third-order valence-electron chi connectivity index (χ3n) is 7.43. The van der Waals surface area contributed by atoms with E-state index in [0.29, 0.717) is 22.7 Å². The number of amides is 3. The highest BCUT2D eigenvalue weighted by Crippen LogP contribution is 2.30. The number of aliphatic hydroxyl groups excluding tert-OH is 1. The summed E-state index contributed by atoms with van der Waals surface area (Å²) >= 11 is 0. The molecule has 1 aliphatic heterocycles. The Labute approximate surface area is 256 Å². The Hall–Kier alpha value is -4.36. The Morgan fingerprint density at radius 2 is 1.80 bits per heavy atom. The number of anilines is 2. The highest BCUT2D eigenvalue weighted by molar-refractivity contribution is 7.92. The molecular formula is C31H37FN4O7S. The molecule has 3 aromatic carbocycles. The van der Waals surface area contributed by atoms with Gasteiger partial charge < -0.3 is 29.7 Å². The summed E-state index contributed by atoms with van der Waals surface area (Å²) < 4.78 is 53.5. The fourth-order valence-corrected chi connectivity index (χ4v) is 5.83. The van der Waals surface area contributed by atoms with Crippen molar-refractivity contribution in [3.05, 3.63) is 78.1 Å². The number of carbonyl (C=O) groups is 2. The highest BCUT2D eigenvalue weighted by atomic mass is 32.2. The van der Waals surface area contributed by atoms with Gasteiger partial charge in [0.05, 0.1) is 37.6 Å². The quantitative estimate of drug-likeness (QED) is 0.326. The Kier molecular flexibility index (Phi) is 10.3. The zero-order valence-corrected chi connectivity index (χ0v) is 25.8. The minimum atomic E-state index is -3.95. The molecule has 0 fully saturated rings. The summed E-state index contributed by atoms with van der Waals surface area (Å²) in [7, 11) is -0.868. The first-order chi connectivity index (χ1) is 20.9. The van der Waals surface area contributed by atoms with Crippen LogP contribution >= 0.6 is 0 Å². The van der Waals surface area contributed by atoms with Crippen LogP contribution in [0.2, 0.25) is 0 Å². The number of methoxy groups -OCH3 is 1. The van der Waals surface area contributed by atoms with Gasteiger partial charge in [-0.25, -0.2) is 17.6 Å². The first kappa shape index (κ1) is 32.6. The van der Waals surface area contributed by atoms with Crippen molar-refractivity contribution in [3.8, 4) is 11.5 Å². The largest absolute Gasteiger partial charge is 0.497 e. The number of urea groups is 1. The van der Waals surface area contributed by atoms with E-state index in [1.807, 2.05) is 6.92 Å². The molecule has 0 spiro atoms. The molecule has 3 atom stereocenters. The standard InChI is InChI=1S/C31H37FN4O7S/c1-20-17-36(21(2)19-37)30(38)16-22-15-25(34-44(40,41)27-12-10-26(42-4)11-13-27)9-14-28(22)43-29(20)18-35(3)31(39)33-24-7-5-23(32)6-8-24/h5-15,20-21,29,34,37H,16-19H2,1-4H3,(H,33,39)/t20-,21+,29+/m1/s1. The molecule has 0 aromatic heterocycles. The zero-order chi connectivity index (χ0) is 32.0. The molecule has 13 heteroatoms. The van der Waals surface area contributed by atoms with Crippen molar-refractivity contribution in [2.24, 2.45) is 5.92 Å². The van der Waals surface area contributed by atoms with Gasteiger partial charge in [0.15, 0.2) is 0 Å². The summed E-state index contributed by atoms with van der Waals surface area (Å²) in [6, 6.07) is 15.1. The van der Waals surface area contributed by atoms with Gasteiger partial charge in [-0.1, -0.05) is 6.92 Å². The van der Waals surface area contributed by atoms with Crippen molar-refractivity contribution in [2.75, 3.05) is 43.9 Å². The maximum absolute atomic E-state index is 13.5. The van der Waals surface area contributed by atoms with Crippen LogP contribution in [0.15, 0.2) is 71.6 Å². The molecule has 0 aliphatic carbocycles. The van der Waals surface area contributed by atoms with Crippen LogP contribution < -0.4 is 19.5 Å². The third-order valence-corrected chi connectivity index (χ3v) is 8.83. The number of hydrogen-bond donors (Lipinski definition) is 3. The molecule has 0 bridgehead atoms. The molecule has 44 heavy (non-hydrogen) atoms. The first-order valence-corrected chi connectivity index (χ1v) is 15.5. The van der Waals surface area contributed by atoms with Crippen molar-refractivity contribution in [2.45, 2.75) is 37.3 Å². The number of carbonyl (C=O) groups excluding carboxylic acids is 2. The number of benzene rings is 3. The van der Waals surface area contributed by atoms with Crippen LogP contribution in [0, 0.1) is 11.7 Å². The number of hydrogen-bond acceptors (Lipinski definition) is 7. The van der Waals surface area contributed by atoms with Crippen molar-refractivity contribution in [3.63, 3.8) is 0 Å². The molecule has 3 N–H and O–H groups in total. The van der Waals surface area contributed by atoms with Gasteiger partial charge in [0.25, 0.3) is 10.0 Å². The van der Waals surface area contributed by atoms with Crippen LogP contribution in [0.5, 0.6) is 11.5 Å². The Bertz CT molecular complexity index is 1570. The maximum Gasteiger partial charge on any atom is 0.321 e. The number of nitrogens with zero attached hydrogens (tertiary/aromatic N) is 2. The number of fused-ring (bicyclic) bond motifs is 1. The third kappa shape index (κ3) is 7.97. The summed E-state index contributed by atoms with van der Waals surface area (Å²) in [5.74, 6) is -0.0698. The lowest BCUT2D eigenvalue weighted by Crippen LogP contribution is -2.48. The number of ether oxygens (including phenoxy) is 2. The second-order valence-electron chi connectivity index (χ2n) is 10.8. The van der Waals surface area contributed by atoms with Crippen LogP contribution in [0.4, 0.5) is 20.6 Å². The minimum Gasteiger partial charge on any atom is -0.497 e. The SMILES string of the molecule is COc1ccc(S(=O)(=O)Nc2ccc3c(c2)CC(=O)N([C@@H](C)CO)C[C@@H](C)[C@H](CN(C)C(=O)Nc2ccc(F)cc2)O3)cc1. The molecule has 0 unspecified atom stereocenters. The Morgan fingerprint density at radius 1 is 1.14 bits per heavy atom. The fourth-order valence-electron chi connectivity index (χ4n) is 4.78. The lowest BCUT2D eigenvalue weighted by Gasteiger charge is -2.34. The van der Waals surface area contributed by atoms with Crippen molar-refractivity contribution < 1.29 is 37.0 Å². The van der Waals surface area contributed by atoms with Gasteiger partial charge in [0.2, 0.25) is 5.91 Å². The van der Waals surface area contributed by atoms with Gasteiger partial charge in [0.1, 0.15) is 23.4 Å². The summed E-state index contributed by atoms with van der Waals surface area (Å²) in [6.45, 7) is 3.77. The van der Waals surface area contributed by atoms with E-state index in [9.17, 15) is 27.5 Å². The van der Waals surface area contributed by atoms with Crippen LogP contribution in [0.1, 0.15) is 19.4 Å². The van der Waals surface area contributed by atoms with Crippen molar-refractivity contribution in [1.82, 2.24) is 9.80 Å². The lowest BCUT2D eigenvalue weighted by molar-refractivity contribution is -0.134. The zero-order valence-electron chi connectivity index (χ0n) is 25.0. The molecule has 4 rings (SSSR count). The predicted molar refractivity (Wildman–Crippen MR) is 164 cm³/mol. The fraction of sp³-hybridized carbons (Fsp3) is 0.355. The molecule has 3 amide bonds. The highest BCUT2D eigenvalue weighted by Gasteiger charge is 2.32. The van der Waals surface area contributed by atoms with E-state index in [0.717, 1.165) is 0 Å². The molecule has 0 saturated carbocycles. The van der Waals surface area contributed by atoms with E-state index in [2.05, 4.69) is 10.0 Å². The number of nitrogens with one attached hydrogen (secondary N) is 2. The molecule has 0 radical (unpaired) electrons. The average Bonchev–Trinajstić information content (AvgIpc) is 3.05. The summed E-state index contributed by atoms with van der Waals surface area (Å²) in [4.78, 5) is 29.5. The molecule has 1 heterocycles. The van der Waals surface area contributed by atoms with E-state index in [1.165, 1.54) is 48.4 Å². The topological polar surface area (TPSA) is 138 Å². The van der Waals surface area contributed by atoms with Gasteiger partial charge in [-0.05, 0) is 73.7 Å². The van der Waals surface area contributed by atoms with E-state index in [-0.39, 0.29) is 48.5 Å². The Morgan fingerprint density at radius 3 is 2.43 bits per heavy atom. The molecule has 3 aromatic rings. The average molecular weight is 629 g/mol. The second-order valence-corrected chi connectivity index (χ2v) is 12.5. The normalized spacial score (nSPS) is 17.7. The van der Waals surface area contributed by atoms with Gasteiger partial charge in [-0.3, -0.25) is 9.52 Å². The van der Waals surface area contributed by atoms with Crippen LogP contribution in [-0.4, -0.2) is 81.3 Å². The molecular weight excluding hydrogens is 591 g/mol. The van der Waals surface area contributed by atoms with Crippen LogP contribution in [0.25, 0.3) is 0 Å². The monoisotopic (exact) mass is 628 g/mol. The number of likely N-dealkylation sites (N-methyl/N-ethyl adjacent to an activating group) is 1. The molecule has 236 valence electrons. The lowest BCUT2D eigenvalue weighted by atomic mass is 10.0. The smallest absolute Gasteiger partial charge is 0.321 e. The van der Waals surface area contributed by atoms with Gasteiger partial charge in [-0.2, -0.15) is 0 Å². The minimum absolute atomic E-state index is 0.0351.